The summed E-state index contributed by atoms with van der Waals surface area (Å²) in [7, 11) is 1.67. The van der Waals surface area contributed by atoms with E-state index in [1.165, 1.54) is 11.3 Å². The topological polar surface area (TPSA) is 50.3 Å². The van der Waals surface area contributed by atoms with E-state index in [1.54, 1.807) is 7.11 Å². The molecule has 1 aliphatic heterocycles. The van der Waals surface area contributed by atoms with Crippen LogP contribution in [0.4, 0.5) is 23.0 Å². The lowest BCUT2D eigenvalue weighted by molar-refractivity contribution is 0.416. The van der Waals surface area contributed by atoms with E-state index in [4.69, 9.17) is 4.74 Å². The van der Waals surface area contributed by atoms with Crippen LogP contribution in [0.15, 0.2) is 48.5 Å². The van der Waals surface area contributed by atoms with Gasteiger partial charge in [0.05, 0.1) is 12.8 Å². The fraction of sp³-hybridized carbons (Fsp3) is 0.238. The minimum Gasteiger partial charge on any atom is -0.495 e. The minimum atomic E-state index is 0.737. The molecule has 0 spiro atoms. The lowest BCUT2D eigenvalue weighted by Gasteiger charge is -2.20. The van der Waals surface area contributed by atoms with Gasteiger partial charge in [-0.05, 0) is 49.6 Å². The van der Waals surface area contributed by atoms with Crippen LogP contribution in [0.1, 0.15) is 17.0 Å². The van der Waals surface area contributed by atoms with E-state index in [0.29, 0.717) is 0 Å². The molecule has 1 aliphatic rings. The highest BCUT2D eigenvalue weighted by Gasteiger charge is 2.21. The van der Waals surface area contributed by atoms with Crippen LogP contribution in [0, 0.1) is 13.8 Å². The molecule has 0 unspecified atom stereocenters. The van der Waals surface area contributed by atoms with Gasteiger partial charge in [0, 0.05) is 18.3 Å². The Bertz CT molecular complexity index is 954. The summed E-state index contributed by atoms with van der Waals surface area (Å²) in [6.45, 7) is 4.91. The molecule has 0 radical (unpaired) electrons. The van der Waals surface area contributed by atoms with Gasteiger partial charge in [-0.1, -0.05) is 24.3 Å². The van der Waals surface area contributed by atoms with Gasteiger partial charge in [-0.2, -0.15) is 0 Å². The van der Waals surface area contributed by atoms with Crippen LogP contribution < -0.4 is 15.0 Å². The minimum absolute atomic E-state index is 0.737. The highest BCUT2D eigenvalue weighted by molar-refractivity contribution is 5.71. The van der Waals surface area contributed by atoms with Gasteiger partial charge in [0.1, 0.15) is 23.2 Å². The molecule has 0 aliphatic carbocycles. The van der Waals surface area contributed by atoms with Crippen molar-refractivity contribution in [2.24, 2.45) is 0 Å². The van der Waals surface area contributed by atoms with E-state index >= 15 is 0 Å². The third kappa shape index (κ3) is 3.08. The van der Waals surface area contributed by atoms with Crippen molar-refractivity contribution < 1.29 is 4.74 Å². The van der Waals surface area contributed by atoms with Crippen molar-refractivity contribution in [1.29, 1.82) is 0 Å². The molecule has 0 atom stereocenters. The summed E-state index contributed by atoms with van der Waals surface area (Å²) in [6, 6.07) is 16.5. The molecule has 0 bridgehead atoms. The molecule has 3 aromatic rings. The SMILES string of the molecule is COc1ccc(C)cc1Nc1cc(N2CCc3ccccc32)nc(C)n1. The Kier molecular flexibility index (Phi) is 4.21. The Labute approximate surface area is 153 Å². The van der Waals surface area contributed by atoms with Gasteiger partial charge in [0.25, 0.3) is 0 Å². The summed E-state index contributed by atoms with van der Waals surface area (Å²) in [5, 5.41) is 3.39. The van der Waals surface area contributed by atoms with Crippen LogP contribution in [0.25, 0.3) is 0 Å². The quantitative estimate of drug-likeness (QED) is 0.751. The second-order valence-corrected chi connectivity index (χ2v) is 6.52. The third-order valence-corrected chi connectivity index (χ3v) is 4.61. The Morgan fingerprint density at radius 3 is 2.73 bits per heavy atom. The zero-order valence-corrected chi connectivity index (χ0v) is 15.3. The van der Waals surface area contributed by atoms with E-state index in [0.717, 1.165) is 47.4 Å². The predicted molar refractivity (Wildman–Crippen MR) is 105 cm³/mol. The first-order valence-electron chi connectivity index (χ1n) is 8.77. The molecule has 26 heavy (non-hydrogen) atoms. The molecule has 0 amide bonds. The fourth-order valence-electron chi connectivity index (χ4n) is 3.39. The molecular formula is C21H22N4O. The van der Waals surface area contributed by atoms with Crippen LogP contribution in [-0.4, -0.2) is 23.6 Å². The van der Waals surface area contributed by atoms with Crippen molar-refractivity contribution in [3.8, 4) is 5.75 Å². The Hall–Kier alpha value is -3.08. The van der Waals surface area contributed by atoms with Crippen LogP contribution >= 0.6 is 0 Å². The van der Waals surface area contributed by atoms with Crippen molar-refractivity contribution in [1.82, 2.24) is 9.97 Å². The maximum Gasteiger partial charge on any atom is 0.142 e. The first-order valence-corrected chi connectivity index (χ1v) is 8.77. The first-order chi connectivity index (χ1) is 12.6. The van der Waals surface area contributed by atoms with E-state index in [9.17, 15) is 0 Å². The van der Waals surface area contributed by atoms with Gasteiger partial charge >= 0.3 is 0 Å². The smallest absolute Gasteiger partial charge is 0.142 e. The zero-order chi connectivity index (χ0) is 18.1. The number of aromatic nitrogens is 2. The standard InChI is InChI=1S/C21H22N4O/c1-14-8-9-19(26-3)17(12-14)24-20-13-21(23-15(2)22-20)25-11-10-16-6-4-5-7-18(16)25/h4-9,12-13H,10-11H2,1-3H3,(H,22,23,24). The lowest BCUT2D eigenvalue weighted by atomic mass is 10.2. The van der Waals surface area contributed by atoms with Gasteiger partial charge < -0.3 is 15.0 Å². The summed E-state index contributed by atoms with van der Waals surface area (Å²) in [5.74, 6) is 3.21. The number of hydrogen-bond donors (Lipinski definition) is 1. The average Bonchev–Trinajstić information content (AvgIpc) is 3.05. The number of hydrogen-bond acceptors (Lipinski definition) is 5. The molecule has 0 fully saturated rings. The molecule has 132 valence electrons. The monoisotopic (exact) mass is 346 g/mol. The normalized spacial score (nSPS) is 12.8. The van der Waals surface area contributed by atoms with Crippen LogP contribution in [0.2, 0.25) is 0 Å². The highest BCUT2D eigenvalue weighted by Crippen LogP contribution is 2.35. The molecule has 2 aromatic carbocycles. The second kappa shape index (κ2) is 6.67. The van der Waals surface area contributed by atoms with Gasteiger partial charge in [-0.3, -0.25) is 0 Å². The number of methoxy groups -OCH3 is 1. The molecular weight excluding hydrogens is 324 g/mol. The fourth-order valence-corrected chi connectivity index (χ4v) is 3.39. The zero-order valence-electron chi connectivity index (χ0n) is 15.3. The van der Waals surface area contributed by atoms with E-state index < -0.39 is 0 Å². The molecule has 5 heteroatoms. The summed E-state index contributed by atoms with van der Waals surface area (Å²) in [4.78, 5) is 11.5. The summed E-state index contributed by atoms with van der Waals surface area (Å²) in [5.41, 5.74) is 4.65. The van der Waals surface area contributed by atoms with Crippen molar-refractivity contribution in [3.05, 3.63) is 65.5 Å². The van der Waals surface area contributed by atoms with Gasteiger partial charge in [0.15, 0.2) is 0 Å². The Morgan fingerprint density at radius 1 is 1.04 bits per heavy atom. The Balaban J connectivity index is 1.69. The van der Waals surface area contributed by atoms with Crippen molar-refractivity contribution in [2.45, 2.75) is 20.3 Å². The molecule has 2 heterocycles. The number of aryl methyl sites for hydroxylation is 2. The van der Waals surface area contributed by atoms with Crippen LogP contribution in [0.3, 0.4) is 0 Å². The number of para-hydroxylation sites is 1. The van der Waals surface area contributed by atoms with E-state index in [1.807, 2.05) is 25.1 Å². The van der Waals surface area contributed by atoms with Crippen molar-refractivity contribution in [2.75, 3.05) is 23.9 Å². The summed E-state index contributed by atoms with van der Waals surface area (Å²) < 4.78 is 5.46. The first kappa shape index (κ1) is 16.4. The molecule has 1 N–H and O–H groups in total. The van der Waals surface area contributed by atoms with Gasteiger partial charge in [0.2, 0.25) is 0 Å². The molecule has 1 aromatic heterocycles. The maximum atomic E-state index is 5.46. The third-order valence-electron chi connectivity index (χ3n) is 4.61. The number of benzene rings is 2. The maximum absolute atomic E-state index is 5.46. The van der Waals surface area contributed by atoms with E-state index in [2.05, 4.69) is 57.4 Å². The number of nitrogens with one attached hydrogen (secondary N) is 1. The summed E-state index contributed by atoms with van der Waals surface area (Å²) in [6.07, 6.45) is 1.04. The van der Waals surface area contributed by atoms with Crippen LogP contribution in [0.5, 0.6) is 5.75 Å². The van der Waals surface area contributed by atoms with Crippen molar-refractivity contribution >= 4 is 23.0 Å². The molecule has 5 nitrogen and oxygen atoms in total. The highest BCUT2D eigenvalue weighted by atomic mass is 16.5. The molecule has 0 saturated heterocycles. The lowest BCUT2D eigenvalue weighted by Crippen LogP contribution is -2.16. The largest absolute Gasteiger partial charge is 0.495 e. The average molecular weight is 346 g/mol. The Morgan fingerprint density at radius 2 is 1.88 bits per heavy atom. The number of anilines is 4. The number of nitrogens with zero attached hydrogens (tertiary/aromatic N) is 3. The second-order valence-electron chi connectivity index (χ2n) is 6.52. The molecule has 0 saturated carbocycles. The predicted octanol–water partition coefficient (Wildman–Crippen LogP) is 4.54. The number of ether oxygens (including phenoxy) is 1. The van der Waals surface area contributed by atoms with Gasteiger partial charge in [-0.15, -0.1) is 0 Å². The van der Waals surface area contributed by atoms with Crippen LogP contribution in [-0.2, 0) is 6.42 Å². The van der Waals surface area contributed by atoms with Crippen molar-refractivity contribution in [3.63, 3.8) is 0 Å². The number of rotatable bonds is 4. The molecule has 4 rings (SSSR count). The summed E-state index contributed by atoms with van der Waals surface area (Å²) >= 11 is 0. The van der Waals surface area contributed by atoms with E-state index in [-0.39, 0.29) is 0 Å². The van der Waals surface area contributed by atoms with Gasteiger partial charge in [-0.25, -0.2) is 9.97 Å². The number of fused-ring (bicyclic) bond motifs is 1.